The van der Waals surface area contributed by atoms with Crippen molar-refractivity contribution in [3.8, 4) is 11.5 Å². The van der Waals surface area contributed by atoms with Crippen LogP contribution in [0.2, 0.25) is 5.02 Å². The number of aromatic nitrogens is 1. The predicted octanol–water partition coefficient (Wildman–Crippen LogP) is 2.72. The van der Waals surface area contributed by atoms with Crippen molar-refractivity contribution < 1.29 is 19.1 Å². The Morgan fingerprint density at radius 2 is 2.16 bits per heavy atom. The molecule has 0 bridgehead atoms. The molecule has 1 N–H and O–H groups in total. The lowest BCUT2D eigenvalue weighted by molar-refractivity contribution is 0.244. The topological polar surface area (TPSA) is 64.7 Å². The summed E-state index contributed by atoms with van der Waals surface area (Å²) in [5.41, 5.74) is 1.22. The predicted molar refractivity (Wildman–Crippen MR) is 69.5 cm³/mol. The van der Waals surface area contributed by atoms with Gasteiger partial charge in [0.1, 0.15) is 18.1 Å². The van der Waals surface area contributed by atoms with Gasteiger partial charge in [0.05, 0.1) is 13.7 Å². The van der Waals surface area contributed by atoms with Crippen molar-refractivity contribution in [2.24, 2.45) is 0 Å². The molecule has 0 aliphatic heterocycles. The van der Waals surface area contributed by atoms with Gasteiger partial charge in [-0.1, -0.05) is 16.8 Å². The molecule has 0 fully saturated rings. The van der Waals surface area contributed by atoms with E-state index >= 15 is 0 Å². The minimum atomic E-state index is -0.190. The van der Waals surface area contributed by atoms with Gasteiger partial charge in [-0.15, -0.1) is 0 Å². The van der Waals surface area contributed by atoms with Crippen LogP contribution in [0.3, 0.4) is 0 Å². The standard InChI is InChI=1S/C13H14ClNO4/c1-8-3-11(15-19-8)7-18-13-9(6-16)4-10(14)5-12(13)17-2/h3-5,16H,6-7H2,1-2H3. The summed E-state index contributed by atoms with van der Waals surface area (Å²) in [7, 11) is 1.51. The van der Waals surface area contributed by atoms with E-state index in [-0.39, 0.29) is 13.2 Å². The molecule has 0 unspecified atom stereocenters. The molecule has 5 nitrogen and oxygen atoms in total. The maximum Gasteiger partial charge on any atom is 0.167 e. The number of hydrogen-bond donors (Lipinski definition) is 1. The summed E-state index contributed by atoms with van der Waals surface area (Å²) in [6.07, 6.45) is 0. The monoisotopic (exact) mass is 283 g/mol. The first-order valence-electron chi connectivity index (χ1n) is 5.66. The van der Waals surface area contributed by atoms with Crippen LogP contribution in [-0.2, 0) is 13.2 Å². The van der Waals surface area contributed by atoms with Gasteiger partial charge in [0, 0.05) is 22.7 Å². The minimum absolute atomic E-state index is 0.190. The molecule has 0 saturated carbocycles. The zero-order valence-electron chi connectivity index (χ0n) is 10.6. The first-order chi connectivity index (χ1) is 9.13. The fourth-order valence-corrected chi connectivity index (χ4v) is 1.92. The van der Waals surface area contributed by atoms with Crippen LogP contribution in [0.15, 0.2) is 22.7 Å². The number of rotatable bonds is 5. The molecule has 0 saturated heterocycles. The molecule has 0 atom stereocenters. The third-order valence-corrected chi connectivity index (χ3v) is 2.75. The third-order valence-electron chi connectivity index (χ3n) is 2.53. The van der Waals surface area contributed by atoms with Crippen molar-refractivity contribution >= 4 is 11.6 Å². The van der Waals surface area contributed by atoms with Crippen molar-refractivity contribution in [1.29, 1.82) is 0 Å². The van der Waals surface area contributed by atoms with Gasteiger partial charge in [-0.25, -0.2) is 0 Å². The highest BCUT2D eigenvalue weighted by atomic mass is 35.5. The lowest BCUT2D eigenvalue weighted by Gasteiger charge is -2.13. The normalized spacial score (nSPS) is 10.5. The Labute approximate surface area is 115 Å². The van der Waals surface area contributed by atoms with Gasteiger partial charge in [-0.3, -0.25) is 0 Å². The molecule has 0 radical (unpaired) electrons. The molecule has 0 aliphatic rings. The van der Waals surface area contributed by atoms with Crippen LogP contribution in [-0.4, -0.2) is 17.4 Å². The molecular weight excluding hydrogens is 270 g/mol. The molecule has 19 heavy (non-hydrogen) atoms. The molecule has 102 valence electrons. The van der Waals surface area contributed by atoms with Crippen LogP contribution in [0.1, 0.15) is 17.0 Å². The van der Waals surface area contributed by atoms with Crippen LogP contribution < -0.4 is 9.47 Å². The van der Waals surface area contributed by atoms with Gasteiger partial charge in [0.25, 0.3) is 0 Å². The van der Waals surface area contributed by atoms with E-state index in [4.69, 9.17) is 25.6 Å². The smallest absolute Gasteiger partial charge is 0.167 e. The van der Waals surface area contributed by atoms with Crippen molar-refractivity contribution in [2.45, 2.75) is 20.1 Å². The summed E-state index contributed by atoms with van der Waals surface area (Å²) in [4.78, 5) is 0. The Balaban J connectivity index is 2.23. The largest absolute Gasteiger partial charge is 0.493 e. The fraction of sp³-hybridized carbons (Fsp3) is 0.308. The molecular formula is C13H14ClNO4. The number of aliphatic hydroxyl groups excluding tert-OH is 1. The van der Waals surface area contributed by atoms with Gasteiger partial charge >= 0.3 is 0 Å². The minimum Gasteiger partial charge on any atom is -0.493 e. The van der Waals surface area contributed by atoms with E-state index in [0.717, 1.165) is 0 Å². The summed E-state index contributed by atoms with van der Waals surface area (Å²) in [5, 5.41) is 13.6. The van der Waals surface area contributed by atoms with Gasteiger partial charge in [-0.05, 0) is 13.0 Å². The number of ether oxygens (including phenoxy) is 2. The summed E-state index contributed by atoms with van der Waals surface area (Å²) >= 11 is 5.93. The Hall–Kier alpha value is -1.72. The van der Waals surface area contributed by atoms with Crippen molar-refractivity contribution in [3.05, 3.63) is 40.2 Å². The summed E-state index contributed by atoms with van der Waals surface area (Å²) in [6, 6.07) is 5.04. The molecule has 1 aromatic heterocycles. The molecule has 6 heteroatoms. The van der Waals surface area contributed by atoms with Crippen molar-refractivity contribution in [3.63, 3.8) is 0 Å². The second-order valence-corrected chi connectivity index (χ2v) is 4.41. The number of methoxy groups -OCH3 is 1. The van der Waals surface area contributed by atoms with E-state index in [1.54, 1.807) is 25.1 Å². The average molecular weight is 284 g/mol. The Morgan fingerprint density at radius 3 is 2.74 bits per heavy atom. The molecule has 2 aromatic rings. The van der Waals surface area contributed by atoms with Crippen LogP contribution in [0, 0.1) is 6.92 Å². The summed E-state index contributed by atoms with van der Waals surface area (Å²) in [5.74, 6) is 1.64. The van der Waals surface area contributed by atoms with E-state index in [1.807, 2.05) is 0 Å². The maximum absolute atomic E-state index is 9.34. The van der Waals surface area contributed by atoms with Crippen LogP contribution in [0.4, 0.5) is 0 Å². The number of aliphatic hydroxyl groups is 1. The maximum atomic E-state index is 9.34. The molecule has 2 rings (SSSR count). The number of benzene rings is 1. The first-order valence-corrected chi connectivity index (χ1v) is 6.04. The third kappa shape index (κ3) is 3.19. The summed E-state index contributed by atoms with van der Waals surface area (Å²) in [6.45, 7) is 1.84. The van der Waals surface area contributed by atoms with Gasteiger partial charge in [0.2, 0.25) is 0 Å². The zero-order valence-corrected chi connectivity index (χ0v) is 11.4. The highest BCUT2D eigenvalue weighted by molar-refractivity contribution is 6.30. The second-order valence-electron chi connectivity index (χ2n) is 3.97. The number of halogens is 1. The molecule has 1 heterocycles. The summed E-state index contributed by atoms with van der Waals surface area (Å²) < 4.78 is 15.8. The molecule has 1 aromatic carbocycles. The highest BCUT2D eigenvalue weighted by Crippen LogP contribution is 2.35. The number of aryl methyl sites for hydroxylation is 1. The van der Waals surface area contributed by atoms with E-state index in [2.05, 4.69) is 5.16 Å². The lowest BCUT2D eigenvalue weighted by atomic mass is 10.2. The lowest BCUT2D eigenvalue weighted by Crippen LogP contribution is -2.01. The average Bonchev–Trinajstić information content (AvgIpc) is 2.81. The molecule has 0 amide bonds. The van der Waals surface area contributed by atoms with E-state index in [1.165, 1.54) is 7.11 Å². The molecule has 0 spiro atoms. The first kappa shape index (κ1) is 13.7. The van der Waals surface area contributed by atoms with Gasteiger partial charge in [-0.2, -0.15) is 0 Å². The van der Waals surface area contributed by atoms with Crippen molar-refractivity contribution in [2.75, 3.05) is 7.11 Å². The van der Waals surface area contributed by atoms with E-state index in [0.29, 0.717) is 33.5 Å². The molecule has 0 aliphatic carbocycles. The van der Waals surface area contributed by atoms with E-state index in [9.17, 15) is 5.11 Å². The Morgan fingerprint density at radius 1 is 1.37 bits per heavy atom. The van der Waals surface area contributed by atoms with Crippen LogP contribution in [0.25, 0.3) is 0 Å². The fourth-order valence-electron chi connectivity index (χ4n) is 1.69. The van der Waals surface area contributed by atoms with Gasteiger partial charge < -0.3 is 19.1 Å². The number of hydrogen-bond acceptors (Lipinski definition) is 5. The van der Waals surface area contributed by atoms with Crippen LogP contribution >= 0.6 is 11.6 Å². The van der Waals surface area contributed by atoms with Crippen molar-refractivity contribution in [1.82, 2.24) is 5.16 Å². The zero-order chi connectivity index (χ0) is 13.8. The Kier molecular flexibility index (Phi) is 4.29. The van der Waals surface area contributed by atoms with E-state index < -0.39 is 0 Å². The number of nitrogens with zero attached hydrogens (tertiary/aromatic N) is 1. The highest BCUT2D eigenvalue weighted by Gasteiger charge is 2.13. The van der Waals surface area contributed by atoms with Gasteiger partial charge in [0.15, 0.2) is 11.5 Å². The quantitative estimate of drug-likeness (QED) is 0.914. The second kappa shape index (κ2) is 5.95. The van der Waals surface area contributed by atoms with Crippen LogP contribution in [0.5, 0.6) is 11.5 Å². The SMILES string of the molecule is COc1cc(Cl)cc(CO)c1OCc1cc(C)on1. The Bertz CT molecular complexity index is 543.